The summed E-state index contributed by atoms with van der Waals surface area (Å²) in [5, 5.41) is 2.89. The number of benzene rings is 1. The number of para-hydroxylation sites is 1. The SMILES string of the molecule is CC[C@@H](CCNC(=O)[C@H]1CC(=O)N(c2ccccc2F)C1)N1CCCC1=O. The van der Waals surface area contributed by atoms with E-state index in [1.54, 1.807) is 18.2 Å². The van der Waals surface area contributed by atoms with E-state index in [1.165, 1.54) is 11.0 Å². The van der Waals surface area contributed by atoms with Gasteiger partial charge in [0.25, 0.3) is 0 Å². The number of likely N-dealkylation sites (tertiary alicyclic amines) is 1. The Morgan fingerprint density at radius 1 is 1.30 bits per heavy atom. The number of carbonyl (C=O) groups is 3. The Hall–Kier alpha value is -2.44. The lowest BCUT2D eigenvalue weighted by Crippen LogP contribution is -2.40. The van der Waals surface area contributed by atoms with Crippen molar-refractivity contribution in [2.75, 3.05) is 24.5 Å². The molecule has 0 unspecified atom stereocenters. The topological polar surface area (TPSA) is 69.7 Å². The van der Waals surface area contributed by atoms with E-state index in [1.807, 2.05) is 11.8 Å². The first-order chi connectivity index (χ1) is 13.0. The molecule has 2 heterocycles. The largest absolute Gasteiger partial charge is 0.356 e. The van der Waals surface area contributed by atoms with Crippen molar-refractivity contribution in [3.05, 3.63) is 30.1 Å². The third kappa shape index (κ3) is 4.28. The van der Waals surface area contributed by atoms with Gasteiger partial charge in [0.05, 0.1) is 11.6 Å². The van der Waals surface area contributed by atoms with Gasteiger partial charge in [-0.15, -0.1) is 0 Å². The summed E-state index contributed by atoms with van der Waals surface area (Å²) in [6.07, 6.45) is 3.15. The third-order valence-corrected chi connectivity index (χ3v) is 5.44. The molecule has 6 nitrogen and oxygen atoms in total. The lowest BCUT2D eigenvalue weighted by atomic mass is 10.1. The van der Waals surface area contributed by atoms with Crippen molar-refractivity contribution >= 4 is 23.4 Å². The first kappa shape index (κ1) is 19.3. The first-order valence-electron chi connectivity index (χ1n) is 9.63. The highest BCUT2D eigenvalue weighted by Crippen LogP contribution is 2.27. The molecule has 2 aliphatic rings. The Morgan fingerprint density at radius 2 is 2.07 bits per heavy atom. The maximum atomic E-state index is 13.9. The normalized spacial score (nSPS) is 21.0. The zero-order valence-corrected chi connectivity index (χ0v) is 15.6. The van der Waals surface area contributed by atoms with E-state index in [9.17, 15) is 18.8 Å². The van der Waals surface area contributed by atoms with Crippen LogP contribution in [0.4, 0.5) is 10.1 Å². The smallest absolute Gasteiger partial charge is 0.227 e. The Kier molecular flexibility index (Phi) is 6.08. The predicted molar refractivity (Wildman–Crippen MR) is 99.5 cm³/mol. The number of rotatable bonds is 7. The van der Waals surface area contributed by atoms with Crippen molar-refractivity contribution in [3.63, 3.8) is 0 Å². The third-order valence-electron chi connectivity index (χ3n) is 5.44. The van der Waals surface area contributed by atoms with Gasteiger partial charge in [0.1, 0.15) is 5.82 Å². The van der Waals surface area contributed by atoms with Crippen molar-refractivity contribution in [1.29, 1.82) is 0 Å². The zero-order chi connectivity index (χ0) is 19.4. The summed E-state index contributed by atoms with van der Waals surface area (Å²) in [6, 6.07) is 6.23. The Balaban J connectivity index is 1.51. The van der Waals surface area contributed by atoms with Crippen LogP contribution in [0.15, 0.2) is 24.3 Å². The predicted octanol–water partition coefficient (Wildman–Crippen LogP) is 2.09. The van der Waals surface area contributed by atoms with Gasteiger partial charge in [-0.05, 0) is 31.4 Å². The van der Waals surface area contributed by atoms with E-state index in [2.05, 4.69) is 5.32 Å². The first-order valence-corrected chi connectivity index (χ1v) is 9.63. The van der Waals surface area contributed by atoms with E-state index in [4.69, 9.17) is 0 Å². The van der Waals surface area contributed by atoms with Gasteiger partial charge in [-0.2, -0.15) is 0 Å². The summed E-state index contributed by atoms with van der Waals surface area (Å²) in [6.45, 7) is 3.49. The molecule has 1 N–H and O–H groups in total. The molecule has 3 rings (SSSR count). The van der Waals surface area contributed by atoms with Crippen molar-refractivity contribution in [3.8, 4) is 0 Å². The number of hydrogen-bond acceptors (Lipinski definition) is 3. The molecule has 146 valence electrons. The zero-order valence-electron chi connectivity index (χ0n) is 15.6. The standard InChI is InChI=1S/C20H26FN3O3/c1-2-15(23-11-5-8-18(23)25)9-10-22-20(27)14-12-19(26)24(13-14)17-7-4-3-6-16(17)21/h3-4,6-7,14-15H,2,5,8-13H2,1H3,(H,22,27)/t14-,15-/m0/s1. The molecule has 0 bridgehead atoms. The lowest BCUT2D eigenvalue weighted by Gasteiger charge is -2.27. The summed E-state index contributed by atoms with van der Waals surface area (Å²) < 4.78 is 13.9. The fraction of sp³-hybridized carbons (Fsp3) is 0.550. The van der Waals surface area contributed by atoms with Gasteiger partial charge in [-0.25, -0.2) is 4.39 Å². The number of carbonyl (C=O) groups excluding carboxylic acids is 3. The minimum Gasteiger partial charge on any atom is -0.356 e. The fourth-order valence-electron chi connectivity index (χ4n) is 3.93. The molecule has 0 aromatic heterocycles. The van der Waals surface area contributed by atoms with Gasteiger partial charge in [-0.3, -0.25) is 14.4 Å². The van der Waals surface area contributed by atoms with Crippen LogP contribution in [0.2, 0.25) is 0 Å². The van der Waals surface area contributed by atoms with Crippen LogP contribution in [0.5, 0.6) is 0 Å². The molecule has 0 saturated carbocycles. The average molecular weight is 375 g/mol. The maximum absolute atomic E-state index is 13.9. The van der Waals surface area contributed by atoms with Crippen molar-refractivity contribution < 1.29 is 18.8 Å². The van der Waals surface area contributed by atoms with E-state index < -0.39 is 11.7 Å². The van der Waals surface area contributed by atoms with Crippen LogP contribution >= 0.6 is 0 Å². The van der Waals surface area contributed by atoms with Gasteiger partial charge in [0, 0.05) is 38.5 Å². The molecule has 0 radical (unpaired) electrons. The highest BCUT2D eigenvalue weighted by atomic mass is 19.1. The minimum absolute atomic E-state index is 0.0853. The molecular weight excluding hydrogens is 349 g/mol. The van der Waals surface area contributed by atoms with Gasteiger partial charge >= 0.3 is 0 Å². The van der Waals surface area contributed by atoms with Gasteiger partial charge in [0.15, 0.2) is 0 Å². The Bertz CT molecular complexity index is 724. The molecule has 2 saturated heterocycles. The second-order valence-electron chi connectivity index (χ2n) is 7.19. The molecule has 2 fully saturated rings. The number of anilines is 1. The van der Waals surface area contributed by atoms with Gasteiger partial charge in [-0.1, -0.05) is 19.1 Å². The maximum Gasteiger partial charge on any atom is 0.227 e. The Labute approximate surface area is 158 Å². The van der Waals surface area contributed by atoms with Crippen LogP contribution in [-0.4, -0.2) is 48.3 Å². The van der Waals surface area contributed by atoms with E-state index in [0.29, 0.717) is 19.4 Å². The molecule has 2 atom stereocenters. The second kappa shape index (κ2) is 8.50. The van der Waals surface area contributed by atoms with Crippen molar-refractivity contribution in [2.45, 2.75) is 45.1 Å². The second-order valence-corrected chi connectivity index (χ2v) is 7.19. The molecule has 2 aliphatic heterocycles. The average Bonchev–Trinajstić information content (AvgIpc) is 3.25. The van der Waals surface area contributed by atoms with E-state index >= 15 is 0 Å². The molecule has 1 aromatic carbocycles. The summed E-state index contributed by atoms with van der Waals surface area (Å²) in [5.41, 5.74) is 0.219. The molecule has 27 heavy (non-hydrogen) atoms. The number of halogens is 1. The summed E-state index contributed by atoms with van der Waals surface area (Å²) in [4.78, 5) is 39.8. The van der Waals surface area contributed by atoms with Gasteiger partial charge in [0.2, 0.25) is 17.7 Å². The summed E-state index contributed by atoms with van der Waals surface area (Å²) in [7, 11) is 0. The Morgan fingerprint density at radius 3 is 2.74 bits per heavy atom. The van der Waals surface area contributed by atoms with Crippen LogP contribution in [0.25, 0.3) is 0 Å². The summed E-state index contributed by atoms with van der Waals surface area (Å²) in [5.74, 6) is -1.19. The lowest BCUT2D eigenvalue weighted by molar-refractivity contribution is -0.129. The van der Waals surface area contributed by atoms with Crippen LogP contribution in [0, 0.1) is 11.7 Å². The van der Waals surface area contributed by atoms with Crippen LogP contribution in [0.3, 0.4) is 0 Å². The quantitative estimate of drug-likeness (QED) is 0.793. The number of nitrogens with one attached hydrogen (secondary N) is 1. The highest BCUT2D eigenvalue weighted by molar-refractivity contribution is 6.00. The molecular formula is C20H26FN3O3. The van der Waals surface area contributed by atoms with Gasteiger partial charge < -0.3 is 15.1 Å². The fourth-order valence-corrected chi connectivity index (χ4v) is 3.93. The number of amides is 3. The summed E-state index contributed by atoms with van der Waals surface area (Å²) >= 11 is 0. The van der Waals surface area contributed by atoms with Crippen molar-refractivity contribution in [2.24, 2.45) is 5.92 Å². The molecule has 1 aromatic rings. The molecule has 0 aliphatic carbocycles. The molecule has 7 heteroatoms. The van der Waals surface area contributed by atoms with Crippen LogP contribution in [0.1, 0.15) is 39.0 Å². The van der Waals surface area contributed by atoms with Crippen LogP contribution in [-0.2, 0) is 14.4 Å². The highest BCUT2D eigenvalue weighted by Gasteiger charge is 2.36. The minimum atomic E-state index is -0.481. The number of hydrogen-bond donors (Lipinski definition) is 1. The van der Waals surface area contributed by atoms with E-state index in [-0.39, 0.29) is 42.4 Å². The van der Waals surface area contributed by atoms with Crippen LogP contribution < -0.4 is 10.2 Å². The number of nitrogens with zero attached hydrogens (tertiary/aromatic N) is 2. The monoisotopic (exact) mass is 375 g/mol. The molecule has 0 spiro atoms. The van der Waals surface area contributed by atoms with Crippen molar-refractivity contribution in [1.82, 2.24) is 10.2 Å². The molecule has 3 amide bonds. The van der Waals surface area contributed by atoms with E-state index in [0.717, 1.165) is 19.4 Å².